The van der Waals surface area contributed by atoms with Crippen LogP contribution in [0.15, 0.2) is 54.6 Å². The summed E-state index contributed by atoms with van der Waals surface area (Å²) >= 11 is 0. The predicted octanol–water partition coefficient (Wildman–Crippen LogP) is 3.74. The van der Waals surface area contributed by atoms with Crippen LogP contribution in [0.25, 0.3) is 5.76 Å². The molecule has 2 aromatic carbocycles. The van der Waals surface area contributed by atoms with Gasteiger partial charge in [-0.25, -0.2) is 4.98 Å². The van der Waals surface area contributed by atoms with E-state index in [9.17, 15) is 14.7 Å². The molecule has 5 rings (SSSR count). The second kappa shape index (κ2) is 10.7. The van der Waals surface area contributed by atoms with Crippen LogP contribution in [0, 0.1) is 0 Å². The summed E-state index contributed by atoms with van der Waals surface area (Å²) in [5, 5.41) is 11.5. The molecule has 0 saturated carbocycles. The summed E-state index contributed by atoms with van der Waals surface area (Å²) in [5.41, 5.74) is 1.93. The average molecular weight is 534 g/mol. The molecular weight excluding hydrogens is 502 g/mol. The molecule has 39 heavy (non-hydrogen) atoms. The first-order valence-electron chi connectivity index (χ1n) is 12.7. The smallest absolute Gasteiger partial charge is 0.295 e. The fourth-order valence-electron chi connectivity index (χ4n) is 5.28. The lowest BCUT2D eigenvalue weighted by molar-refractivity contribution is -0.139. The number of ether oxygens (including phenoxy) is 4. The molecule has 2 aliphatic heterocycles. The van der Waals surface area contributed by atoms with Crippen molar-refractivity contribution < 1.29 is 33.6 Å². The number of aromatic nitrogens is 2. The van der Waals surface area contributed by atoms with E-state index in [1.165, 1.54) is 26.2 Å². The minimum absolute atomic E-state index is 0.00353. The Morgan fingerprint density at radius 1 is 1.08 bits per heavy atom. The molecule has 204 valence electrons. The highest BCUT2D eigenvalue weighted by Gasteiger charge is 2.46. The number of rotatable bonds is 9. The van der Waals surface area contributed by atoms with Crippen molar-refractivity contribution in [3.63, 3.8) is 0 Å². The van der Waals surface area contributed by atoms with E-state index in [0.717, 1.165) is 11.3 Å². The fraction of sp³-hybridized carbons (Fsp3) is 0.345. The van der Waals surface area contributed by atoms with Gasteiger partial charge < -0.3 is 33.5 Å². The topological polar surface area (TPSA) is 112 Å². The number of ketones is 1. The minimum atomic E-state index is -0.870. The van der Waals surface area contributed by atoms with Crippen LogP contribution in [0.3, 0.4) is 0 Å². The number of amides is 1. The molecular formula is C29H31N3O7. The van der Waals surface area contributed by atoms with Gasteiger partial charge in [0.1, 0.15) is 17.6 Å². The number of Topliss-reactive ketones (excluding diaryl/α,β-unsaturated/α-hetero) is 1. The highest BCUT2D eigenvalue weighted by atomic mass is 16.5. The van der Waals surface area contributed by atoms with Gasteiger partial charge in [-0.05, 0) is 54.8 Å². The maximum atomic E-state index is 13.5. The number of hydrogen-bond donors (Lipinski definition) is 1. The van der Waals surface area contributed by atoms with Crippen LogP contribution in [0.5, 0.6) is 23.0 Å². The SMILES string of the molecule is COc1cc([C@H]2/C(=C(\O)c3ccc4c(c3)C[C@H](C)O4)C(=O)C(=O)N2CCCn2ccnc2)cc(OC)c1OC. The van der Waals surface area contributed by atoms with Crippen molar-refractivity contribution in [1.29, 1.82) is 0 Å². The molecule has 0 aliphatic carbocycles. The van der Waals surface area contributed by atoms with Gasteiger partial charge >= 0.3 is 0 Å². The van der Waals surface area contributed by atoms with E-state index in [0.29, 0.717) is 47.8 Å². The van der Waals surface area contributed by atoms with Crippen molar-refractivity contribution in [2.24, 2.45) is 0 Å². The first-order chi connectivity index (χ1) is 18.9. The van der Waals surface area contributed by atoms with Gasteiger partial charge in [0, 0.05) is 37.5 Å². The first-order valence-corrected chi connectivity index (χ1v) is 12.7. The third-order valence-electron chi connectivity index (χ3n) is 7.09. The van der Waals surface area contributed by atoms with Crippen molar-refractivity contribution in [2.45, 2.75) is 38.5 Å². The van der Waals surface area contributed by atoms with Gasteiger partial charge in [-0.3, -0.25) is 9.59 Å². The van der Waals surface area contributed by atoms with Gasteiger partial charge in [0.15, 0.2) is 11.5 Å². The van der Waals surface area contributed by atoms with Gasteiger partial charge in [0.05, 0.1) is 39.3 Å². The highest BCUT2D eigenvalue weighted by Crippen LogP contribution is 2.46. The summed E-state index contributed by atoms with van der Waals surface area (Å²) in [5.74, 6) is 0.206. The molecule has 0 spiro atoms. The molecule has 3 aromatic rings. The molecule has 1 amide bonds. The lowest BCUT2D eigenvalue weighted by atomic mass is 9.94. The van der Waals surface area contributed by atoms with Crippen molar-refractivity contribution in [2.75, 3.05) is 27.9 Å². The number of carbonyl (C=O) groups excluding carboxylic acids is 2. The van der Waals surface area contributed by atoms with Crippen LogP contribution in [-0.4, -0.2) is 65.2 Å². The third kappa shape index (κ3) is 4.78. The van der Waals surface area contributed by atoms with Gasteiger partial charge in [-0.2, -0.15) is 0 Å². The molecule has 0 bridgehead atoms. The van der Waals surface area contributed by atoms with Crippen LogP contribution in [-0.2, 0) is 22.6 Å². The molecule has 0 unspecified atom stereocenters. The summed E-state index contributed by atoms with van der Waals surface area (Å²) in [4.78, 5) is 32.4. The Morgan fingerprint density at radius 3 is 2.46 bits per heavy atom. The van der Waals surface area contributed by atoms with Gasteiger partial charge in [0.2, 0.25) is 5.75 Å². The highest BCUT2D eigenvalue weighted by molar-refractivity contribution is 6.46. The van der Waals surface area contributed by atoms with Gasteiger partial charge in [-0.1, -0.05) is 0 Å². The summed E-state index contributed by atoms with van der Waals surface area (Å²) in [7, 11) is 4.49. The van der Waals surface area contributed by atoms with Crippen LogP contribution in [0.1, 0.15) is 36.1 Å². The molecule has 2 aliphatic rings. The van der Waals surface area contributed by atoms with E-state index in [1.54, 1.807) is 36.8 Å². The van der Waals surface area contributed by atoms with Crippen LogP contribution >= 0.6 is 0 Å². The van der Waals surface area contributed by atoms with Crippen LogP contribution in [0.2, 0.25) is 0 Å². The predicted molar refractivity (Wildman–Crippen MR) is 142 cm³/mol. The Balaban J connectivity index is 1.61. The molecule has 1 fully saturated rings. The zero-order valence-corrected chi connectivity index (χ0v) is 22.3. The number of aliphatic hydroxyl groups excluding tert-OH is 1. The third-order valence-corrected chi connectivity index (χ3v) is 7.09. The Labute approximate surface area is 226 Å². The van der Waals surface area contributed by atoms with Crippen molar-refractivity contribution in [1.82, 2.24) is 14.5 Å². The maximum absolute atomic E-state index is 13.5. The Kier molecular flexibility index (Phi) is 7.19. The van der Waals surface area contributed by atoms with E-state index in [2.05, 4.69) is 4.98 Å². The van der Waals surface area contributed by atoms with E-state index >= 15 is 0 Å². The largest absolute Gasteiger partial charge is 0.507 e. The van der Waals surface area contributed by atoms with Crippen molar-refractivity contribution >= 4 is 17.4 Å². The molecule has 10 heteroatoms. The summed E-state index contributed by atoms with van der Waals surface area (Å²) in [6.45, 7) is 2.85. The molecule has 1 saturated heterocycles. The number of aliphatic hydroxyl groups is 1. The monoisotopic (exact) mass is 533 g/mol. The number of carbonyl (C=O) groups is 2. The quantitative estimate of drug-likeness (QED) is 0.252. The Bertz CT molecular complexity index is 1410. The zero-order chi connectivity index (χ0) is 27.7. The van der Waals surface area contributed by atoms with Crippen molar-refractivity contribution in [3.05, 3.63) is 71.3 Å². The first kappa shape index (κ1) is 26.1. The van der Waals surface area contributed by atoms with Crippen LogP contribution < -0.4 is 18.9 Å². The number of nitrogens with zero attached hydrogens (tertiary/aromatic N) is 3. The zero-order valence-electron chi connectivity index (χ0n) is 22.3. The molecule has 1 N–H and O–H groups in total. The van der Waals surface area contributed by atoms with E-state index in [-0.39, 0.29) is 24.0 Å². The molecule has 10 nitrogen and oxygen atoms in total. The summed E-state index contributed by atoms with van der Waals surface area (Å²) in [6.07, 6.45) is 6.50. The second-order valence-corrected chi connectivity index (χ2v) is 9.56. The second-order valence-electron chi connectivity index (χ2n) is 9.56. The number of benzene rings is 2. The molecule has 1 aromatic heterocycles. The molecule has 0 radical (unpaired) electrons. The van der Waals surface area contributed by atoms with Gasteiger partial charge in [0.25, 0.3) is 11.7 Å². The maximum Gasteiger partial charge on any atom is 0.295 e. The lowest BCUT2D eigenvalue weighted by Crippen LogP contribution is -2.31. The summed E-state index contributed by atoms with van der Waals surface area (Å²) in [6, 6.07) is 7.82. The van der Waals surface area contributed by atoms with Crippen molar-refractivity contribution in [3.8, 4) is 23.0 Å². The molecule has 3 heterocycles. The number of aryl methyl sites for hydroxylation is 1. The average Bonchev–Trinajstić information content (AvgIpc) is 3.65. The van der Waals surface area contributed by atoms with E-state index < -0.39 is 17.7 Å². The normalized spacial score (nSPS) is 19.6. The van der Waals surface area contributed by atoms with E-state index in [4.69, 9.17) is 18.9 Å². The number of likely N-dealkylation sites (tertiary alicyclic amines) is 1. The van der Waals surface area contributed by atoms with E-state index in [1.807, 2.05) is 23.8 Å². The Hall–Kier alpha value is -4.47. The molecule has 2 atom stereocenters. The van der Waals surface area contributed by atoms with Gasteiger partial charge in [-0.15, -0.1) is 0 Å². The lowest BCUT2D eigenvalue weighted by Gasteiger charge is -2.26. The number of methoxy groups -OCH3 is 3. The van der Waals surface area contributed by atoms with Crippen LogP contribution in [0.4, 0.5) is 0 Å². The minimum Gasteiger partial charge on any atom is -0.507 e. The number of fused-ring (bicyclic) bond motifs is 1. The summed E-state index contributed by atoms with van der Waals surface area (Å²) < 4.78 is 24.2. The number of imidazole rings is 1. The standard InChI is InChI=1S/C29H31N3O7/c1-17-12-19-13-18(6-7-21(19)39-17)26(33)24-25(20-14-22(36-2)28(38-4)23(15-20)37-3)32(29(35)27(24)34)10-5-9-31-11-8-30-16-31/h6-8,11,13-17,25,33H,5,9-10,12H2,1-4H3/b26-24+/t17-,25-/m0/s1. The Morgan fingerprint density at radius 2 is 1.82 bits per heavy atom. The number of hydrogen-bond acceptors (Lipinski definition) is 8. The fourth-order valence-corrected chi connectivity index (χ4v) is 5.28.